The fourth-order valence-corrected chi connectivity index (χ4v) is 2.84. The molecule has 0 aromatic heterocycles. The molecule has 0 radical (unpaired) electrons. The molecule has 0 unspecified atom stereocenters. The molecule has 1 saturated carbocycles. The van der Waals surface area contributed by atoms with Crippen LogP contribution in [0.5, 0.6) is 0 Å². The highest BCUT2D eigenvalue weighted by Gasteiger charge is 2.20. The molecule has 0 amide bonds. The van der Waals surface area contributed by atoms with E-state index in [1.807, 2.05) is 36.4 Å². The van der Waals surface area contributed by atoms with Gasteiger partial charge in [-0.1, -0.05) is 72.8 Å². The third kappa shape index (κ3) is 3.50. The third-order valence-electron chi connectivity index (χ3n) is 3.94. The predicted molar refractivity (Wildman–Crippen MR) is 88.7 cm³/mol. The summed E-state index contributed by atoms with van der Waals surface area (Å²) in [6.07, 6.45) is 6.86. The van der Waals surface area contributed by atoms with Crippen molar-refractivity contribution in [2.75, 3.05) is 0 Å². The highest BCUT2D eigenvalue weighted by Crippen LogP contribution is 2.31. The molecule has 106 valence electrons. The fraction of sp³-hybridized carbons (Fsp3) is 0.200. The first kappa shape index (κ1) is 13.8. The van der Waals surface area contributed by atoms with E-state index in [2.05, 4.69) is 36.4 Å². The molecule has 0 heterocycles. The van der Waals surface area contributed by atoms with Crippen LogP contribution < -0.4 is 0 Å². The standard InChI is InChI=1S/C20H20O/c21-20-18(14-16-8-3-1-4-9-16)12-7-13-19(20)15-17-10-5-2-6-11-17/h1-6,8-11,14-15,20-21H,7,12-13H2/b18-14-,19-15-. The monoisotopic (exact) mass is 276 g/mol. The zero-order valence-corrected chi connectivity index (χ0v) is 12.1. The third-order valence-corrected chi connectivity index (χ3v) is 3.94. The van der Waals surface area contributed by atoms with Gasteiger partial charge >= 0.3 is 0 Å². The van der Waals surface area contributed by atoms with E-state index in [4.69, 9.17) is 0 Å². The average Bonchev–Trinajstić information content (AvgIpc) is 2.53. The minimum atomic E-state index is -0.445. The number of benzene rings is 2. The second-order valence-electron chi connectivity index (χ2n) is 5.52. The van der Waals surface area contributed by atoms with Crippen molar-refractivity contribution in [2.45, 2.75) is 25.4 Å². The molecule has 2 aromatic carbocycles. The van der Waals surface area contributed by atoms with Crippen LogP contribution in [-0.2, 0) is 0 Å². The van der Waals surface area contributed by atoms with Crippen molar-refractivity contribution < 1.29 is 5.11 Å². The summed E-state index contributed by atoms with van der Waals surface area (Å²) >= 11 is 0. The molecule has 0 atom stereocenters. The molecule has 0 bridgehead atoms. The molecule has 1 aliphatic rings. The van der Waals surface area contributed by atoms with Gasteiger partial charge in [-0.3, -0.25) is 0 Å². The number of rotatable bonds is 2. The van der Waals surface area contributed by atoms with Crippen molar-refractivity contribution in [3.8, 4) is 0 Å². The Morgan fingerprint density at radius 3 is 1.57 bits per heavy atom. The van der Waals surface area contributed by atoms with E-state index in [9.17, 15) is 5.11 Å². The van der Waals surface area contributed by atoms with Gasteiger partial charge in [0.15, 0.2) is 0 Å². The SMILES string of the molecule is OC1/C(=C\c2ccccc2)CCC/C1=C/c1ccccc1. The van der Waals surface area contributed by atoms with E-state index in [-0.39, 0.29) is 0 Å². The van der Waals surface area contributed by atoms with Gasteiger partial charge in [0.1, 0.15) is 0 Å². The van der Waals surface area contributed by atoms with Crippen LogP contribution in [-0.4, -0.2) is 11.2 Å². The zero-order chi connectivity index (χ0) is 14.5. The molecular weight excluding hydrogens is 256 g/mol. The molecule has 1 N–H and O–H groups in total. The van der Waals surface area contributed by atoms with Crippen molar-refractivity contribution in [1.29, 1.82) is 0 Å². The molecule has 1 fully saturated rings. The van der Waals surface area contributed by atoms with E-state index >= 15 is 0 Å². The van der Waals surface area contributed by atoms with Gasteiger partial charge in [0.2, 0.25) is 0 Å². The van der Waals surface area contributed by atoms with Crippen molar-refractivity contribution in [3.05, 3.63) is 82.9 Å². The van der Waals surface area contributed by atoms with Crippen LogP contribution in [0.1, 0.15) is 30.4 Å². The first-order valence-electron chi connectivity index (χ1n) is 7.52. The van der Waals surface area contributed by atoms with Crippen LogP contribution in [0.4, 0.5) is 0 Å². The van der Waals surface area contributed by atoms with Crippen LogP contribution in [0.25, 0.3) is 12.2 Å². The van der Waals surface area contributed by atoms with Gasteiger partial charge in [-0.25, -0.2) is 0 Å². The average molecular weight is 276 g/mol. The van der Waals surface area contributed by atoms with E-state index < -0.39 is 6.10 Å². The van der Waals surface area contributed by atoms with Gasteiger partial charge in [-0.05, 0) is 41.5 Å². The van der Waals surface area contributed by atoms with Gasteiger partial charge in [-0.2, -0.15) is 0 Å². The minimum Gasteiger partial charge on any atom is -0.384 e. The molecule has 2 aromatic rings. The molecule has 1 aliphatic carbocycles. The Balaban J connectivity index is 1.86. The zero-order valence-electron chi connectivity index (χ0n) is 12.1. The molecule has 0 saturated heterocycles. The summed E-state index contributed by atoms with van der Waals surface area (Å²) in [7, 11) is 0. The molecule has 1 nitrogen and oxygen atoms in total. The summed E-state index contributed by atoms with van der Waals surface area (Å²) in [5.41, 5.74) is 4.56. The minimum absolute atomic E-state index is 0.445. The van der Waals surface area contributed by atoms with E-state index in [1.165, 1.54) is 0 Å². The topological polar surface area (TPSA) is 20.2 Å². The lowest BCUT2D eigenvalue weighted by molar-refractivity contribution is 0.229. The summed E-state index contributed by atoms with van der Waals surface area (Å²) < 4.78 is 0. The molecule has 0 aliphatic heterocycles. The number of aliphatic hydroxyl groups is 1. The summed E-state index contributed by atoms with van der Waals surface area (Å²) in [5, 5.41) is 10.6. The van der Waals surface area contributed by atoms with Gasteiger partial charge in [-0.15, -0.1) is 0 Å². The lowest BCUT2D eigenvalue weighted by atomic mass is 9.85. The van der Waals surface area contributed by atoms with Crippen molar-refractivity contribution in [1.82, 2.24) is 0 Å². The van der Waals surface area contributed by atoms with Gasteiger partial charge in [0.25, 0.3) is 0 Å². The van der Waals surface area contributed by atoms with Crippen LogP contribution in [0.3, 0.4) is 0 Å². The second kappa shape index (κ2) is 6.55. The van der Waals surface area contributed by atoms with Crippen LogP contribution in [0, 0.1) is 0 Å². The predicted octanol–water partition coefficient (Wildman–Crippen LogP) is 4.70. The highest BCUT2D eigenvalue weighted by atomic mass is 16.3. The van der Waals surface area contributed by atoms with Crippen molar-refractivity contribution in [3.63, 3.8) is 0 Å². The highest BCUT2D eigenvalue weighted by molar-refractivity contribution is 5.60. The number of hydrogen-bond donors (Lipinski definition) is 1. The van der Waals surface area contributed by atoms with Crippen LogP contribution in [0.2, 0.25) is 0 Å². The smallest absolute Gasteiger partial charge is 0.0967 e. The van der Waals surface area contributed by atoms with E-state index in [1.54, 1.807) is 0 Å². The fourth-order valence-electron chi connectivity index (χ4n) is 2.84. The Morgan fingerprint density at radius 2 is 1.14 bits per heavy atom. The first-order chi connectivity index (χ1) is 10.3. The normalized spacial score (nSPS) is 22.6. The number of aliphatic hydroxyl groups excluding tert-OH is 1. The van der Waals surface area contributed by atoms with Gasteiger partial charge in [0, 0.05) is 0 Å². The Labute approximate surface area is 126 Å². The van der Waals surface area contributed by atoms with Crippen LogP contribution >= 0.6 is 0 Å². The quantitative estimate of drug-likeness (QED) is 0.843. The van der Waals surface area contributed by atoms with Crippen molar-refractivity contribution in [2.24, 2.45) is 0 Å². The summed E-state index contributed by atoms with van der Waals surface area (Å²) in [4.78, 5) is 0. The maximum Gasteiger partial charge on any atom is 0.0967 e. The summed E-state index contributed by atoms with van der Waals surface area (Å²) in [5.74, 6) is 0. The first-order valence-corrected chi connectivity index (χ1v) is 7.52. The molecule has 0 spiro atoms. The summed E-state index contributed by atoms with van der Waals surface area (Å²) in [6, 6.07) is 20.5. The van der Waals surface area contributed by atoms with Gasteiger partial charge in [0.05, 0.1) is 6.10 Å². The summed E-state index contributed by atoms with van der Waals surface area (Å²) in [6.45, 7) is 0. The van der Waals surface area contributed by atoms with Crippen molar-refractivity contribution >= 4 is 12.2 Å². The second-order valence-corrected chi connectivity index (χ2v) is 5.52. The number of hydrogen-bond acceptors (Lipinski definition) is 1. The Kier molecular flexibility index (Phi) is 4.32. The maximum atomic E-state index is 10.6. The Bertz CT molecular complexity index is 581. The Hall–Kier alpha value is -2.12. The molecule has 1 heteroatoms. The van der Waals surface area contributed by atoms with Gasteiger partial charge < -0.3 is 5.11 Å². The van der Waals surface area contributed by atoms with E-state index in [0.717, 1.165) is 41.5 Å². The molecule has 3 rings (SSSR count). The Morgan fingerprint density at radius 1 is 0.714 bits per heavy atom. The molecular formula is C20H20O. The maximum absolute atomic E-state index is 10.6. The van der Waals surface area contributed by atoms with Crippen LogP contribution in [0.15, 0.2) is 71.8 Å². The lowest BCUT2D eigenvalue weighted by Crippen LogP contribution is -2.18. The molecule has 21 heavy (non-hydrogen) atoms. The lowest BCUT2D eigenvalue weighted by Gasteiger charge is -2.24. The largest absolute Gasteiger partial charge is 0.384 e. The van der Waals surface area contributed by atoms with E-state index in [0.29, 0.717) is 0 Å².